The van der Waals surface area contributed by atoms with Crippen LogP contribution >= 0.6 is 0 Å². The van der Waals surface area contributed by atoms with E-state index in [1.807, 2.05) is 18.5 Å². The summed E-state index contributed by atoms with van der Waals surface area (Å²) >= 11 is 0. The molecular formula is C21H28N4O. The van der Waals surface area contributed by atoms with Crippen LogP contribution in [0, 0.1) is 5.92 Å². The zero-order valence-corrected chi connectivity index (χ0v) is 15.4. The van der Waals surface area contributed by atoms with E-state index in [2.05, 4.69) is 39.0 Å². The Labute approximate surface area is 154 Å². The van der Waals surface area contributed by atoms with Gasteiger partial charge in [0, 0.05) is 48.2 Å². The number of aliphatic hydroxyl groups excluding tert-OH is 1. The molecule has 138 valence electrons. The van der Waals surface area contributed by atoms with E-state index in [0.717, 1.165) is 34.9 Å². The Morgan fingerprint density at radius 2 is 2.08 bits per heavy atom. The number of aromatic amines is 1. The number of hydrogen-bond donors (Lipinski definition) is 2. The number of hydrogen-bond acceptors (Lipinski definition) is 4. The van der Waals surface area contributed by atoms with Gasteiger partial charge in [0.2, 0.25) is 0 Å². The van der Waals surface area contributed by atoms with Crippen molar-refractivity contribution in [2.75, 3.05) is 18.0 Å². The highest BCUT2D eigenvalue weighted by Crippen LogP contribution is 2.41. The summed E-state index contributed by atoms with van der Waals surface area (Å²) in [5.41, 5.74) is 2.95. The van der Waals surface area contributed by atoms with Crippen LogP contribution in [0.25, 0.3) is 11.0 Å². The SMILES string of the molecule is CC1CCN(C2CCCC2)CC1N1C=CC(O)c2cnc3[nH]ccc3c21. The summed E-state index contributed by atoms with van der Waals surface area (Å²) in [7, 11) is 0. The molecule has 5 rings (SSSR count). The van der Waals surface area contributed by atoms with Crippen molar-refractivity contribution in [3.63, 3.8) is 0 Å². The van der Waals surface area contributed by atoms with Gasteiger partial charge in [-0.2, -0.15) is 0 Å². The Morgan fingerprint density at radius 1 is 1.23 bits per heavy atom. The van der Waals surface area contributed by atoms with Gasteiger partial charge in [-0.1, -0.05) is 19.8 Å². The Morgan fingerprint density at radius 3 is 2.92 bits per heavy atom. The number of anilines is 1. The smallest absolute Gasteiger partial charge is 0.139 e. The highest BCUT2D eigenvalue weighted by Gasteiger charge is 2.36. The van der Waals surface area contributed by atoms with Crippen LogP contribution in [0.5, 0.6) is 0 Å². The van der Waals surface area contributed by atoms with Gasteiger partial charge in [0.1, 0.15) is 11.8 Å². The molecule has 3 atom stereocenters. The van der Waals surface area contributed by atoms with E-state index >= 15 is 0 Å². The van der Waals surface area contributed by atoms with Crippen LogP contribution in [0.15, 0.2) is 30.7 Å². The van der Waals surface area contributed by atoms with Crippen molar-refractivity contribution in [3.8, 4) is 0 Å². The Balaban J connectivity index is 1.53. The van der Waals surface area contributed by atoms with Gasteiger partial charge < -0.3 is 15.0 Å². The van der Waals surface area contributed by atoms with Crippen LogP contribution in [0.4, 0.5) is 5.69 Å². The van der Waals surface area contributed by atoms with E-state index in [-0.39, 0.29) is 0 Å². The zero-order chi connectivity index (χ0) is 17.7. The summed E-state index contributed by atoms with van der Waals surface area (Å²) in [4.78, 5) is 12.9. The number of rotatable bonds is 2. The van der Waals surface area contributed by atoms with Crippen LogP contribution < -0.4 is 4.90 Å². The van der Waals surface area contributed by atoms with E-state index < -0.39 is 6.10 Å². The number of H-pyrrole nitrogens is 1. The molecule has 0 spiro atoms. The molecular weight excluding hydrogens is 324 g/mol. The first kappa shape index (κ1) is 16.3. The second kappa shape index (κ2) is 6.39. The van der Waals surface area contributed by atoms with Gasteiger partial charge in [-0.15, -0.1) is 0 Å². The molecule has 2 aromatic rings. The van der Waals surface area contributed by atoms with Gasteiger partial charge in [0.05, 0.1) is 5.69 Å². The molecule has 26 heavy (non-hydrogen) atoms. The lowest BCUT2D eigenvalue weighted by Gasteiger charge is -2.46. The lowest BCUT2D eigenvalue weighted by atomic mass is 9.89. The van der Waals surface area contributed by atoms with E-state index in [0.29, 0.717) is 12.0 Å². The maximum Gasteiger partial charge on any atom is 0.139 e. The minimum absolute atomic E-state index is 0.437. The van der Waals surface area contributed by atoms with E-state index in [1.165, 1.54) is 38.6 Å². The fourth-order valence-electron chi connectivity index (χ4n) is 5.18. The topological polar surface area (TPSA) is 55.4 Å². The molecule has 2 aromatic heterocycles. The van der Waals surface area contributed by atoms with Crippen molar-refractivity contribution >= 4 is 16.7 Å². The largest absolute Gasteiger partial charge is 0.384 e. The predicted octanol–water partition coefficient (Wildman–Crippen LogP) is 3.58. The van der Waals surface area contributed by atoms with Crippen molar-refractivity contribution < 1.29 is 5.11 Å². The maximum atomic E-state index is 10.5. The first-order valence-corrected chi connectivity index (χ1v) is 10.1. The van der Waals surface area contributed by atoms with Crippen molar-refractivity contribution in [3.05, 3.63) is 36.3 Å². The van der Waals surface area contributed by atoms with Crippen LogP contribution in [-0.4, -0.2) is 45.1 Å². The first-order chi connectivity index (χ1) is 12.7. The quantitative estimate of drug-likeness (QED) is 0.867. The molecule has 0 aromatic carbocycles. The lowest BCUT2D eigenvalue weighted by Crippen LogP contribution is -2.53. The number of likely N-dealkylation sites (tertiary alicyclic amines) is 1. The molecule has 4 heterocycles. The average molecular weight is 352 g/mol. The number of aromatic nitrogens is 2. The average Bonchev–Trinajstić information content (AvgIpc) is 3.34. The normalized spacial score (nSPS) is 30.2. The number of nitrogens with one attached hydrogen (secondary N) is 1. The summed E-state index contributed by atoms with van der Waals surface area (Å²) in [6.07, 6.45) is 13.9. The van der Waals surface area contributed by atoms with Crippen molar-refractivity contribution in [2.45, 2.75) is 57.2 Å². The third-order valence-electron chi connectivity index (χ3n) is 6.74. The van der Waals surface area contributed by atoms with Gasteiger partial charge in [-0.05, 0) is 43.9 Å². The molecule has 5 heteroatoms. The molecule has 2 aliphatic heterocycles. The number of piperidine rings is 1. The number of aliphatic hydroxyl groups is 1. The second-order valence-corrected chi connectivity index (χ2v) is 8.26. The summed E-state index contributed by atoms with van der Waals surface area (Å²) in [6.45, 7) is 4.72. The zero-order valence-electron chi connectivity index (χ0n) is 15.4. The van der Waals surface area contributed by atoms with Crippen LogP contribution in [0.3, 0.4) is 0 Å². The van der Waals surface area contributed by atoms with Gasteiger partial charge >= 0.3 is 0 Å². The number of nitrogens with zero attached hydrogens (tertiary/aromatic N) is 3. The highest BCUT2D eigenvalue weighted by molar-refractivity contribution is 5.93. The molecule has 2 fully saturated rings. The monoisotopic (exact) mass is 352 g/mol. The fraction of sp³-hybridized carbons (Fsp3) is 0.571. The van der Waals surface area contributed by atoms with E-state index in [1.54, 1.807) is 0 Å². The van der Waals surface area contributed by atoms with Crippen molar-refractivity contribution in [2.24, 2.45) is 5.92 Å². The molecule has 3 unspecified atom stereocenters. The van der Waals surface area contributed by atoms with Crippen LogP contribution in [0.2, 0.25) is 0 Å². The third kappa shape index (κ3) is 2.57. The number of pyridine rings is 1. The fourth-order valence-corrected chi connectivity index (χ4v) is 5.18. The molecule has 5 nitrogen and oxygen atoms in total. The van der Waals surface area contributed by atoms with Crippen molar-refractivity contribution in [1.29, 1.82) is 0 Å². The van der Waals surface area contributed by atoms with E-state index in [9.17, 15) is 5.11 Å². The molecule has 1 saturated carbocycles. The third-order valence-corrected chi connectivity index (χ3v) is 6.74. The van der Waals surface area contributed by atoms with E-state index in [4.69, 9.17) is 0 Å². The number of fused-ring (bicyclic) bond motifs is 3. The Kier molecular flexibility index (Phi) is 4.02. The van der Waals surface area contributed by atoms with Gasteiger partial charge in [-0.3, -0.25) is 4.90 Å². The van der Waals surface area contributed by atoms with Crippen LogP contribution in [-0.2, 0) is 0 Å². The molecule has 2 N–H and O–H groups in total. The summed E-state index contributed by atoms with van der Waals surface area (Å²) in [5.74, 6) is 0.627. The molecule has 0 amide bonds. The molecule has 1 aliphatic carbocycles. The van der Waals surface area contributed by atoms with Gasteiger partial charge in [-0.25, -0.2) is 4.98 Å². The minimum Gasteiger partial charge on any atom is -0.384 e. The highest BCUT2D eigenvalue weighted by atomic mass is 16.3. The van der Waals surface area contributed by atoms with Gasteiger partial charge in [0.15, 0.2) is 0 Å². The molecule has 1 saturated heterocycles. The Hall–Kier alpha value is -1.85. The minimum atomic E-state index is -0.571. The summed E-state index contributed by atoms with van der Waals surface area (Å²) < 4.78 is 0. The maximum absolute atomic E-state index is 10.5. The first-order valence-electron chi connectivity index (χ1n) is 10.1. The van der Waals surface area contributed by atoms with Crippen LogP contribution in [0.1, 0.15) is 50.7 Å². The van der Waals surface area contributed by atoms with Gasteiger partial charge in [0.25, 0.3) is 0 Å². The molecule has 3 aliphatic rings. The second-order valence-electron chi connectivity index (χ2n) is 8.26. The predicted molar refractivity (Wildman–Crippen MR) is 104 cm³/mol. The summed E-state index contributed by atoms with van der Waals surface area (Å²) in [5, 5.41) is 11.6. The lowest BCUT2D eigenvalue weighted by molar-refractivity contribution is 0.121. The summed E-state index contributed by atoms with van der Waals surface area (Å²) in [6, 6.07) is 3.29. The van der Waals surface area contributed by atoms with Crippen molar-refractivity contribution in [1.82, 2.24) is 14.9 Å². The standard InChI is InChI=1S/C21H28N4O/c1-14-7-10-24(15-4-2-3-5-15)13-18(14)25-11-8-19(26)17-12-23-21-16(20(17)25)6-9-22-21/h6,8-9,11-12,14-15,18-19,26H,2-5,7,10,13H2,1H3,(H,22,23). The molecule has 0 radical (unpaired) electrons. The Bertz CT molecular complexity index is 823. The molecule has 0 bridgehead atoms.